The summed E-state index contributed by atoms with van der Waals surface area (Å²) in [6, 6.07) is 7.66. The number of hydrogen-bond donors (Lipinski definition) is 1. The lowest BCUT2D eigenvalue weighted by Crippen LogP contribution is -2.44. The van der Waals surface area contributed by atoms with E-state index in [4.69, 9.17) is 20.9 Å². The van der Waals surface area contributed by atoms with Crippen LogP contribution in [0.15, 0.2) is 35.1 Å². The fourth-order valence-electron chi connectivity index (χ4n) is 3.70. The second kappa shape index (κ2) is 7.16. The second-order valence-corrected chi connectivity index (χ2v) is 7.66. The van der Waals surface area contributed by atoms with E-state index in [0.717, 1.165) is 12.0 Å². The molecule has 2 atom stereocenters. The lowest BCUT2D eigenvalue weighted by Gasteiger charge is -2.28. The molecule has 2 aromatic heterocycles. The highest BCUT2D eigenvalue weighted by atomic mass is 35.5. The second-order valence-electron chi connectivity index (χ2n) is 7.22. The van der Waals surface area contributed by atoms with Crippen LogP contribution in [0.4, 0.5) is 0 Å². The average Bonchev–Trinajstić information content (AvgIpc) is 3.45. The number of nitrogens with one attached hydrogen (secondary N) is 1. The van der Waals surface area contributed by atoms with Crippen LogP contribution in [0.2, 0.25) is 5.02 Å². The highest BCUT2D eigenvalue weighted by Gasteiger charge is 2.32. The lowest BCUT2D eigenvalue weighted by molar-refractivity contribution is 0.0696. The number of halogens is 1. The Hall–Kier alpha value is -2.91. The minimum atomic E-state index is -0.120. The monoisotopic (exact) mass is 414 g/mol. The normalized spacial score (nSPS) is 21.3. The van der Waals surface area contributed by atoms with Crippen molar-refractivity contribution in [2.45, 2.75) is 31.9 Å². The van der Waals surface area contributed by atoms with Gasteiger partial charge in [0, 0.05) is 10.9 Å². The Morgan fingerprint density at radius 3 is 2.97 bits per heavy atom. The molecule has 9 nitrogen and oxygen atoms in total. The zero-order valence-electron chi connectivity index (χ0n) is 15.7. The maximum absolute atomic E-state index is 12.7. The summed E-state index contributed by atoms with van der Waals surface area (Å²) in [5.41, 5.74) is 5.39. The standard InChI is InChI=1S/C19H19ClN6O3/c1-11-17-19(27)25(10-22-26(17)9-21-11)7-16-23-18(24-29-16)13-6-15(28-8-13)12-2-4-14(20)5-3-12/h2-5,9,13,15,22H,6-8,10H2,1H3/t13-,15+/m0/s1. The van der Waals surface area contributed by atoms with Crippen molar-refractivity contribution in [1.29, 1.82) is 0 Å². The van der Waals surface area contributed by atoms with E-state index in [1.807, 2.05) is 24.3 Å². The van der Waals surface area contributed by atoms with Crippen LogP contribution in [-0.2, 0) is 11.3 Å². The van der Waals surface area contributed by atoms with Gasteiger partial charge in [0.05, 0.1) is 18.4 Å². The maximum atomic E-state index is 12.7. The molecule has 5 rings (SSSR count). The quantitative estimate of drug-likeness (QED) is 0.700. The van der Waals surface area contributed by atoms with Crippen LogP contribution >= 0.6 is 11.6 Å². The minimum Gasteiger partial charge on any atom is -0.373 e. The number of imidazole rings is 1. The number of hydrogen-bond acceptors (Lipinski definition) is 7. The molecule has 0 unspecified atom stereocenters. The van der Waals surface area contributed by atoms with Crippen molar-refractivity contribution >= 4 is 17.5 Å². The summed E-state index contributed by atoms with van der Waals surface area (Å²) < 4.78 is 13.0. The molecule has 2 aliphatic heterocycles. The molecule has 0 aliphatic carbocycles. The fourth-order valence-corrected chi connectivity index (χ4v) is 3.83. The Balaban J connectivity index is 1.25. The van der Waals surface area contributed by atoms with Crippen molar-refractivity contribution in [1.82, 2.24) is 24.7 Å². The molecule has 0 saturated carbocycles. The topological polar surface area (TPSA) is 98.3 Å². The third kappa shape index (κ3) is 3.36. The number of benzene rings is 1. The molecule has 3 aromatic rings. The Kier molecular flexibility index (Phi) is 4.48. The number of aromatic nitrogens is 4. The number of carbonyl (C=O) groups is 1. The summed E-state index contributed by atoms with van der Waals surface area (Å²) in [5.74, 6) is 0.934. The number of nitrogens with zero attached hydrogens (tertiary/aromatic N) is 5. The number of carbonyl (C=O) groups excluding carboxylic acids is 1. The van der Waals surface area contributed by atoms with Crippen molar-refractivity contribution in [3.63, 3.8) is 0 Å². The molecule has 0 spiro atoms. The largest absolute Gasteiger partial charge is 0.373 e. The fraction of sp³-hybridized carbons (Fsp3) is 0.368. The van der Waals surface area contributed by atoms with E-state index in [1.54, 1.807) is 22.8 Å². The van der Waals surface area contributed by atoms with E-state index in [9.17, 15) is 4.79 Å². The summed E-state index contributed by atoms with van der Waals surface area (Å²) in [6.45, 7) is 2.90. The van der Waals surface area contributed by atoms with Gasteiger partial charge >= 0.3 is 0 Å². The third-order valence-corrected chi connectivity index (χ3v) is 5.54. The molecule has 2 aliphatic rings. The Bertz CT molecular complexity index is 1050. The number of fused-ring (bicyclic) bond motifs is 1. The predicted octanol–water partition coefficient (Wildman–Crippen LogP) is 2.63. The number of ether oxygens (including phenoxy) is 1. The number of rotatable bonds is 4. The first-order valence-electron chi connectivity index (χ1n) is 9.35. The van der Waals surface area contributed by atoms with Crippen LogP contribution in [0.5, 0.6) is 0 Å². The van der Waals surface area contributed by atoms with Crippen LogP contribution in [0.1, 0.15) is 51.9 Å². The van der Waals surface area contributed by atoms with Gasteiger partial charge in [-0.15, -0.1) is 0 Å². The van der Waals surface area contributed by atoms with Gasteiger partial charge in [0.25, 0.3) is 5.91 Å². The minimum absolute atomic E-state index is 0.0182. The summed E-state index contributed by atoms with van der Waals surface area (Å²) in [6.07, 6.45) is 2.35. The van der Waals surface area contributed by atoms with Crippen molar-refractivity contribution in [3.8, 4) is 0 Å². The van der Waals surface area contributed by atoms with Crippen LogP contribution in [0.25, 0.3) is 0 Å². The van der Waals surface area contributed by atoms with Gasteiger partial charge in [-0.2, -0.15) is 4.98 Å². The first-order valence-corrected chi connectivity index (χ1v) is 9.73. The molecular weight excluding hydrogens is 396 g/mol. The van der Waals surface area contributed by atoms with Gasteiger partial charge in [-0.05, 0) is 31.0 Å². The van der Waals surface area contributed by atoms with E-state index in [0.29, 0.717) is 41.4 Å². The lowest BCUT2D eigenvalue weighted by atomic mass is 10.0. The van der Waals surface area contributed by atoms with Gasteiger partial charge in [-0.3, -0.25) is 4.79 Å². The molecule has 1 amide bonds. The van der Waals surface area contributed by atoms with Crippen LogP contribution in [0.3, 0.4) is 0 Å². The first kappa shape index (κ1) is 18.1. The third-order valence-electron chi connectivity index (χ3n) is 5.29. The van der Waals surface area contributed by atoms with Crippen LogP contribution in [0, 0.1) is 6.92 Å². The van der Waals surface area contributed by atoms with Gasteiger partial charge in [-0.1, -0.05) is 28.9 Å². The SMILES string of the molecule is Cc1ncn2c1C(=O)N(Cc1nc([C@@H]3CO[C@@H](c4ccc(Cl)cc4)C3)no1)CN2. The van der Waals surface area contributed by atoms with Crippen molar-refractivity contribution < 1.29 is 14.1 Å². The van der Waals surface area contributed by atoms with E-state index < -0.39 is 0 Å². The maximum Gasteiger partial charge on any atom is 0.276 e. The van der Waals surface area contributed by atoms with Crippen molar-refractivity contribution in [2.75, 3.05) is 18.7 Å². The molecular formula is C19H19ClN6O3. The van der Waals surface area contributed by atoms with Gasteiger partial charge in [-0.25, -0.2) is 9.66 Å². The zero-order valence-corrected chi connectivity index (χ0v) is 16.5. The van der Waals surface area contributed by atoms with E-state index >= 15 is 0 Å². The molecule has 0 bridgehead atoms. The van der Waals surface area contributed by atoms with E-state index in [2.05, 4.69) is 20.6 Å². The van der Waals surface area contributed by atoms with Gasteiger partial charge < -0.3 is 19.6 Å². The molecule has 29 heavy (non-hydrogen) atoms. The molecule has 1 saturated heterocycles. The average molecular weight is 415 g/mol. The smallest absolute Gasteiger partial charge is 0.276 e. The highest BCUT2D eigenvalue weighted by Crippen LogP contribution is 2.37. The summed E-state index contributed by atoms with van der Waals surface area (Å²) in [7, 11) is 0. The number of aryl methyl sites for hydroxylation is 1. The molecule has 10 heteroatoms. The first-order chi connectivity index (χ1) is 14.1. The van der Waals surface area contributed by atoms with E-state index in [-0.39, 0.29) is 24.5 Å². The summed E-state index contributed by atoms with van der Waals surface area (Å²) in [4.78, 5) is 23.0. The Morgan fingerprint density at radius 2 is 2.14 bits per heavy atom. The van der Waals surface area contributed by atoms with Gasteiger partial charge in [0.2, 0.25) is 5.89 Å². The van der Waals surface area contributed by atoms with Crippen LogP contribution in [-0.4, -0.2) is 43.9 Å². The van der Waals surface area contributed by atoms with Crippen molar-refractivity contribution in [2.24, 2.45) is 0 Å². The van der Waals surface area contributed by atoms with Crippen LogP contribution < -0.4 is 5.43 Å². The van der Waals surface area contributed by atoms with Crippen molar-refractivity contribution in [3.05, 3.63) is 64.3 Å². The summed E-state index contributed by atoms with van der Waals surface area (Å²) in [5, 5.41) is 4.82. The Morgan fingerprint density at radius 1 is 1.31 bits per heavy atom. The highest BCUT2D eigenvalue weighted by molar-refractivity contribution is 6.30. The zero-order chi connectivity index (χ0) is 20.0. The van der Waals surface area contributed by atoms with Gasteiger partial charge in [0.1, 0.15) is 25.2 Å². The van der Waals surface area contributed by atoms with Gasteiger partial charge in [0.15, 0.2) is 5.82 Å². The molecule has 1 fully saturated rings. The number of amides is 1. The molecule has 1 aromatic carbocycles. The Labute approximate surface area is 171 Å². The molecule has 1 N–H and O–H groups in total. The molecule has 4 heterocycles. The molecule has 150 valence electrons. The summed E-state index contributed by atoms with van der Waals surface area (Å²) >= 11 is 5.96. The molecule has 0 radical (unpaired) electrons. The van der Waals surface area contributed by atoms with E-state index in [1.165, 1.54) is 0 Å². The predicted molar refractivity (Wildman–Crippen MR) is 103 cm³/mol.